The van der Waals surface area contributed by atoms with E-state index in [9.17, 15) is 0 Å². The molecule has 0 radical (unpaired) electrons. The van der Waals surface area contributed by atoms with Crippen molar-refractivity contribution in [2.45, 2.75) is 44.4 Å². The highest BCUT2D eigenvalue weighted by atomic mass is 16.6. The van der Waals surface area contributed by atoms with Gasteiger partial charge in [-0.3, -0.25) is 4.90 Å². The number of aryl methyl sites for hydroxylation is 1. The van der Waals surface area contributed by atoms with Gasteiger partial charge >= 0.3 is 0 Å². The van der Waals surface area contributed by atoms with Crippen LogP contribution in [-0.4, -0.2) is 43.4 Å². The van der Waals surface area contributed by atoms with Gasteiger partial charge in [-0.25, -0.2) is 0 Å². The van der Waals surface area contributed by atoms with E-state index in [2.05, 4.69) is 36.1 Å². The maximum Gasteiger partial charge on any atom is 0.0832 e. The van der Waals surface area contributed by atoms with Gasteiger partial charge in [0, 0.05) is 33.2 Å². The lowest BCUT2D eigenvalue weighted by Crippen LogP contribution is -2.44. The number of methoxy groups -OCH3 is 1. The molecule has 110 valence electrons. The van der Waals surface area contributed by atoms with Crippen LogP contribution in [0.4, 0.5) is 0 Å². The van der Waals surface area contributed by atoms with Crippen LogP contribution in [0.3, 0.4) is 0 Å². The van der Waals surface area contributed by atoms with E-state index in [1.807, 2.05) is 0 Å². The van der Waals surface area contributed by atoms with Crippen LogP contribution in [0.15, 0.2) is 24.3 Å². The van der Waals surface area contributed by atoms with Crippen LogP contribution in [0.1, 0.15) is 30.4 Å². The van der Waals surface area contributed by atoms with Crippen LogP contribution >= 0.6 is 0 Å². The summed E-state index contributed by atoms with van der Waals surface area (Å²) < 4.78 is 11.5. The van der Waals surface area contributed by atoms with Gasteiger partial charge in [0.15, 0.2) is 0 Å². The van der Waals surface area contributed by atoms with E-state index in [0.29, 0.717) is 6.10 Å². The molecule has 0 aliphatic carbocycles. The first-order valence-electron chi connectivity index (χ1n) is 7.64. The molecule has 0 unspecified atom stereocenters. The monoisotopic (exact) mass is 275 g/mol. The second-order valence-corrected chi connectivity index (χ2v) is 6.26. The van der Waals surface area contributed by atoms with Crippen LogP contribution in [-0.2, 0) is 16.0 Å². The summed E-state index contributed by atoms with van der Waals surface area (Å²) in [7, 11) is 1.79. The van der Waals surface area contributed by atoms with Crippen molar-refractivity contribution in [2.24, 2.45) is 0 Å². The number of benzene rings is 1. The van der Waals surface area contributed by atoms with Gasteiger partial charge in [0.2, 0.25) is 0 Å². The molecule has 1 aromatic rings. The fourth-order valence-electron chi connectivity index (χ4n) is 3.45. The Morgan fingerprint density at radius 2 is 2.05 bits per heavy atom. The van der Waals surface area contributed by atoms with Crippen LogP contribution in [0.5, 0.6) is 0 Å². The summed E-state index contributed by atoms with van der Waals surface area (Å²) in [4.78, 5) is 2.55. The SMILES string of the molecule is CO[C@H]1COC2(CCN(Cc3ccccc3C)CC2)C1. The highest BCUT2D eigenvalue weighted by molar-refractivity contribution is 5.25. The van der Waals surface area contributed by atoms with Crippen molar-refractivity contribution in [3.8, 4) is 0 Å². The molecule has 3 rings (SSSR count). The van der Waals surface area contributed by atoms with Crippen molar-refractivity contribution in [1.29, 1.82) is 0 Å². The van der Waals surface area contributed by atoms with E-state index in [-0.39, 0.29) is 5.60 Å². The number of rotatable bonds is 3. The third-order valence-corrected chi connectivity index (χ3v) is 4.93. The molecule has 2 aliphatic heterocycles. The molecule has 3 heteroatoms. The molecule has 0 bridgehead atoms. The molecule has 0 N–H and O–H groups in total. The van der Waals surface area contributed by atoms with Crippen molar-refractivity contribution in [1.82, 2.24) is 4.90 Å². The number of ether oxygens (including phenoxy) is 2. The normalized spacial score (nSPS) is 26.2. The smallest absolute Gasteiger partial charge is 0.0832 e. The van der Waals surface area contributed by atoms with E-state index in [1.165, 1.54) is 11.1 Å². The van der Waals surface area contributed by atoms with E-state index in [1.54, 1.807) is 7.11 Å². The summed E-state index contributed by atoms with van der Waals surface area (Å²) in [6.07, 6.45) is 3.65. The molecule has 2 fully saturated rings. The average Bonchev–Trinajstić information content (AvgIpc) is 2.87. The van der Waals surface area contributed by atoms with Crippen LogP contribution < -0.4 is 0 Å². The predicted octanol–water partition coefficient (Wildman–Crippen LogP) is 2.76. The lowest BCUT2D eigenvalue weighted by atomic mass is 9.87. The van der Waals surface area contributed by atoms with Crippen LogP contribution in [0.2, 0.25) is 0 Å². The van der Waals surface area contributed by atoms with E-state index >= 15 is 0 Å². The molecule has 1 aromatic carbocycles. The third-order valence-electron chi connectivity index (χ3n) is 4.93. The zero-order chi connectivity index (χ0) is 14.0. The molecule has 0 aromatic heterocycles. The number of likely N-dealkylation sites (tertiary alicyclic amines) is 1. The van der Waals surface area contributed by atoms with Crippen molar-refractivity contribution < 1.29 is 9.47 Å². The predicted molar refractivity (Wildman–Crippen MR) is 79.8 cm³/mol. The van der Waals surface area contributed by atoms with E-state index < -0.39 is 0 Å². The first-order valence-corrected chi connectivity index (χ1v) is 7.64. The fraction of sp³-hybridized carbons (Fsp3) is 0.647. The molecule has 2 aliphatic rings. The molecule has 20 heavy (non-hydrogen) atoms. The molecule has 1 spiro atoms. The maximum atomic E-state index is 6.06. The average molecular weight is 275 g/mol. The van der Waals surface area contributed by atoms with E-state index in [0.717, 1.165) is 45.5 Å². The minimum absolute atomic E-state index is 0.100. The minimum Gasteiger partial charge on any atom is -0.379 e. The maximum absolute atomic E-state index is 6.06. The zero-order valence-corrected chi connectivity index (χ0v) is 12.6. The molecule has 0 saturated carbocycles. The Morgan fingerprint density at radius 3 is 2.70 bits per heavy atom. The van der Waals surface area contributed by atoms with Crippen molar-refractivity contribution in [3.05, 3.63) is 35.4 Å². The number of hydrogen-bond acceptors (Lipinski definition) is 3. The first kappa shape index (κ1) is 14.1. The minimum atomic E-state index is 0.100. The Labute approximate surface area is 121 Å². The lowest BCUT2D eigenvalue weighted by Gasteiger charge is -2.38. The van der Waals surface area contributed by atoms with Gasteiger partial charge in [-0.1, -0.05) is 24.3 Å². The highest BCUT2D eigenvalue weighted by Crippen LogP contribution is 2.37. The number of nitrogens with zero attached hydrogens (tertiary/aromatic N) is 1. The van der Waals surface area contributed by atoms with Gasteiger partial charge in [0.1, 0.15) is 0 Å². The van der Waals surface area contributed by atoms with Crippen molar-refractivity contribution >= 4 is 0 Å². The van der Waals surface area contributed by atoms with Crippen molar-refractivity contribution in [3.63, 3.8) is 0 Å². The Kier molecular flexibility index (Phi) is 4.11. The standard InChI is InChI=1S/C17H25NO2/c1-14-5-3-4-6-15(14)12-18-9-7-17(8-10-18)11-16(19-2)13-20-17/h3-6,16H,7-13H2,1-2H3/t16-/m1/s1. The van der Waals surface area contributed by atoms with Gasteiger partial charge in [-0.2, -0.15) is 0 Å². The molecule has 0 amide bonds. The molecule has 3 nitrogen and oxygen atoms in total. The fourth-order valence-corrected chi connectivity index (χ4v) is 3.45. The van der Waals surface area contributed by atoms with E-state index in [4.69, 9.17) is 9.47 Å². The Balaban J connectivity index is 1.56. The summed E-state index contributed by atoms with van der Waals surface area (Å²) in [6.45, 7) is 6.30. The summed E-state index contributed by atoms with van der Waals surface area (Å²) in [5, 5.41) is 0. The second kappa shape index (κ2) is 5.84. The second-order valence-electron chi connectivity index (χ2n) is 6.26. The Morgan fingerprint density at radius 1 is 1.30 bits per heavy atom. The molecule has 2 heterocycles. The van der Waals surface area contributed by atoms with Gasteiger partial charge in [-0.15, -0.1) is 0 Å². The largest absolute Gasteiger partial charge is 0.379 e. The Bertz CT molecular complexity index is 452. The summed E-state index contributed by atoms with van der Waals surface area (Å²) in [6, 6.07) is 8.69. The summed E-state index contributed by atoms with van der Waals surface area (Å²) >= 11 is 0. The Hall–Kier alpha value is -0.900. The topological polar surface area (TPSA) is 21.7 Å². The number of piperidine rings is 1. The van der Waals surface area contributed by atoms with Gasteiger partial charge in [0.25, 0.3) is 0 Å². The van der Waals surface area contributed by atoms with Gasteiger partial charge < -0.3 is 9.47 Å². The third kappa shape index (κ3) is 2.90. The lowest BCUT2D eigenvalue weighted by molar-refractivity contribution is -0.0460. The summed E-state index contributed by atoms with van der Waals surface area (Å²) in [5.41, 5.74) is 2.94. The zero-order valence-electron chi connectivity index (χ0n) is 12.6. The molecular weight excluding hydrogens is 250 g/mol. The van der Waals surface area contributed by atoms with Gasteiger partial charge in [0.05, 0.1) is 18.3 Å². The highest BCUT2D eigenvalue weighted by Gasteiger charge is 2.42. The van der Waals surface area contributed by atoms with Crippen LogP contribution in [0.25, 0.3) is 0 Å². The molecular formula is C17H25NO2. The number of hydrogen-bond donors (Lipinski definition) is 0. The van der Waals surface area contributed by atoms with Gasteiger partial charge in [-0.05, 0) is 30.9 Å². The molecule has 1 atom stereocenters. The summed E-state index contributed by atoms with van der Waals surface area (Å²) in [5.74, 6) is 0. The molecule has 2 saturated heterocycles. The first-order chi connectivity index (χ1) is 9.71. The van der Waals surface area contributed by atoms with Crippen LogP contribution in [0, 0.1) is 6.92 Å². The van der Waals surface area contributed by atoms with Crippen molar-refractivity contribution in [2.75, 3.05) is 26.8 Å². The quantitative estimate of drug-likeness (QED) is 0.846.